The highest BCUT2D eigenvalue weighted by Gasteiger charge is 2.21. The molecule has 1 aromatic rings. The third-order valence-electron chi connectivity index (χ3n) is 2.69. The van der Waals surface area contributed by atoms with Crippen LogP contribution < -0.4 is 5.73 Å². The maximum absolute atomic E-state index is 6.20. The van der Waals surface area contributed by atoms with Gasteiger partial charge in [0.25, 0.3) is 0 Å². The van der Waals surface area contributed by atoms with Crippen LogP contribution in [0.1, 0.15) is 44.4 Å². The molecule has 1 rings (SSSR count). The fourth-order valence-corrected chi connectivity index (χ4v) is 3.60. The molecule has 0 bridgehead atoms. The predicted molar refractivity (Wildman–Crippen MR) is 72.7 cm³/mol. The van der Waals surface area contributed by atoms with Gasteiger partial charge in [-0.3, -0.25) is 0 Å². The van der Waals surface area contributed by atoms with Gasteiger partial charge in [-0.15, -0.1) is 11.8 Å². The molecule has 0 amide bonds. The molecule has 86 valence electrons. The van der Waals surface area contributed by atoms with E-state index >= 15 is 0 Å². The number of rotatable bonds is 6. The van der Waals surface area contributed by atoms with Crippen molar-refractivity contribution >= 4 is 23.1 Å². The first kappa shape index (κ1) is 13.1. The second-order valence-electron chi connectivity index (χ2n) is 3.90. The summed E-state index contributed by atoms with van der Waals surface area (Å²) >= 11 is 3.78. The van der Waals surface area contributed by atoms with Crippen molar-refractivity contribution in [2.45, 2.75) is 50.2 Å². The number of hydrogen-bond donors (Lipinski definition) is 1. The molecule has 0 saturated carbocycles. The average molecular weight is 243 g/mol. The summed E-state index contributed by atoms with van der Waals surface area (Å²) in [5.41, 5.74) is 7.60. The molecule has 0 spiro atoms. The smallest absolute Gasteiger partial charge is 0.0459 e. The molecule has 0 saturated heterocycles. The van der Waals surface area contributed by atoms with Crippen LogP contribution in [-0.2, 0) is 0 Å². The summed E-state index contributed by atoms with van der Waals surface area (Å²) in [6.45, 7) is 6.69. The molecule has 3 unspecified atom stereocenters. The molecule has 0 radical (unpaired) electrons. The molecule has 0 fully saturated rings. The molecular formula is C12H21NS2. The van der Waals surface area contributed by atoms with Gasteiger partial charge in [-0.05, 0) is 35.2 Å². The second-order valence-corrected chi connectivity index (χ2v) is 6.27. The highest BCUT2D eigenvalue weighted by molar-refractivity contribution is 8.00. The van der Waals surface area contributed by atoms with E-state index in [4.69, 9.17) is 5.73 Å². The van der Waals surface area contributed by atoms with Crippen molar-refractivity contribution in [1.82, 2.24) is 0 Å². The summed E-state index contributed by atoms with van der Waals surface area (Å²) in [7, 11) is 0. The third-order valence-corrected chi connectivity index (χ3v) is 5.10. The van der Waals surface area contributed by atoms with Gasteiger partial charge in [-0.25, -0.2) is 0 Å². The van der Waals surface area contributed by atoms with Gasteiger partial charge in [0.1, 0.15) is 0 Å². The summed E-state index contributed by atoms with van der Waals surface area (Å²) in [6.07, 6.45) is 2.26. The van der Waals surface area contributed by atoms with E-state index < -0.39 is 0 Å². The summed E-state index contributed by atoms with van der Waals surface area (Å²) in [5.74, 6) is 0. The number of hydrogen-bond acceptors (Lipinski definition) is 3. The van der Waals surface area contributed by atoms with Gasteiger partial charge in [0.2, 0.25) is 0 Å². The van der Waals surface area contributed by atoms with E-state index in [1.807, 2.05) is 11.8 Å². The molecule has 0 aliphatic carbocycles. The van der Waals surface area contributed by atoms with Crippen LogP contribution in [-0.4, -0.2) is 11.3 Å². The fraction of sp³-hybridized carbons (Fsp3) is 0.667. The third kappa shape index (κ3) is 3.82. The van der Waals surface area contributed by atoms with Crippen LogP contribution >= 0.6 is 23.1 Å². The Labute approximate surface area is 101 Å². The SMILES string of the molecule is CCC(C)SC(c1ccsc1)C(N)CC. The Morgan fingerprint density at radius 2 is 2.13 bits per heavy atom. The van der Waals surface area contributed by atoms with Crippen LogP contribution in [0.5, 0.6) is 0 Å². The Hall–Kier alpha value is 0.01000. The normalized spacial score (nSPS) is 17.3. The zero-order valence-corrected chi connectivity index (χ0v) is 11.4. The van der Waals surface area contributed by atoms with Crippen LogP contribution in [0.3, 0.4) is 0 Å². The lowest BCUT2D eigenvalue weighted by atomic mass is 10.1. The van der Waals surface area contributed by atoms with Crippen molar-refractivity contribution in [2.75, 3.05) is 0 Å². The van der Waals surface area contributed by atoms with Gasteiger partial charge in [-0.1, -0.05) is 20.8 Å². The lowest BCUT2D eigenvalue weighted by Crippen LogP contribution is -2.26. The summed E-state index contributed by atoms with van der Waals surface area (Å²) in [4.78, 5) is 0. The van der Waals surface area contributed by atoms with E-state index in [-0.39, 0.29) is 6.04 Å². The molecule has 15 heavy (non-hydrogen) atoms. The van der Waals surface area contributed by atoms with Crippen LogP contribution in [0.2, 0.25) is 0 Å². The molecular weight excluding hydrogens is 222 g/mol. The first-order valence-electron chi connectivity index (χ1n) is 5.62. The predicted octanol–water partition coefficient (Wildman–Crippen LogP) is 4.06. The zero-order valence-electron chi connectivity index (χ0n) is 9.77. The molecule has 0 aliphatic rings. The van der Waals surface area contributed by atoms with Crippen molar-refractivity contribution in [3.05, 3.63) is 22.4 Å². The van der Waals surface area contributed by atoms with E-state index in [2.05, 4.69) is 37.6 Å². The maximum atomic E-state index is 6.20. The van der Waals surface area contributed by atoms with Gasteiger partial charge >= 0.3 is 0 Å². The van der Waals surface area contributed by atoms with Crippen molar-refractivity contribution in [1.29, 1.82) is 0 Å². The van der Waals surface area contributed by atoms with Gasteiger partial charge in [0.05, 0.1) is 0 Å². The monoisotopic (exact) mass is 243 g/mol. The lowest BCUT2D eigenvalue weighted by Gasteiger charge is -2.24. The maximum Gasteiger partial charge on any atom is 0.0459 e. The Balaban J connectivity index is 2.70. The largest absolute Gasteiger partial charge is 0.326 e. The van der Waals surface area contributed by atoms with Gasteiger partial charge in [-0.2, -0.15) is 11.3 Å². The number of thiophene rings is 1. The highest BCUT2D eigenvalue weighted by atomic mass is 32.2. The average Bonchev–Trinajstić information content (AvgIpc) is 2.77. The quantitative estimate of drug-likeness (QED) is 0.815. The fourth-order valence-electron chi connectivity index (χ4n) is 1.42. The van der Waals surface area contributed by atoms with E-state index in [1.165, 1.54) is 12.0 Å². The van der Waals surface area contributed by atoms with Gasteiger partial charge in [0, 0.05) is 16.5 Å². The topological polar surface area (TPSA) is 26.0 Å². The molecule has 2 N–H and O–H groups in total. The first-order chi connectivity index (χ1) is 7.19. The van der Waals surface area contributed by atoms with Crippen molar-refractivity contribution in [3.8, 4) is 0 Å². The van der Waals surface area contributed by atoms with E-state index in [9.17, 15) is 0 Å². The molecule has 3 atom stereocenters. The van der Waals surface area contributed by atoms with Gasteiger partial charge < -0.3 is 5.73 Å². The lowest BCUT2D eigenvalue weighted by molar-refractivity contribution is 0.632. The Morgan fingerprint density at radius 3 is 2.60 bits per heavy atom. The van der Waals surface area contributed by atoms with E-state index in [0.29, 0.717) is 10.5 Å². The molecule has 1 nitrogen and oxygen atoms in total. The Morgan fingerprint density at radius 1 is 1.40 bits per heavy atom. The zero-order chi connectivity index (χ0) is 11.3. The Bertz CT molecular complexity index is 259. The Kier molecular flexibility index (Phi) is 5.72. The van der Waals surface area contributed by atoms with Crippen molar-refractivity contribution < 1.29 is 0 Å². The minimum atomic E-state index is 0.276. The number of nitrogens with two attached hydrogens (primary N) is 1. The standard InChI is InChI=1S/C12H21NS2/c1-4-9(3)15-12(11(13)5-2)10-6-7-14-8-10/h6-9,11-12H,4-5,13H2,1-3H3. The minimum absolute atomic E-state index is 0.276. The van der Waals surface area contributed by atoms with E-state index in [1.54, 1.807) is 11.3 Å². The first-order valence-corrected chi connectivity index (χ1v) is 7.50. The molecule has 3 heteroatoms. The summed E-state index contributed by atoms with van der Waals surface area (Å²) in [5, 5.41) is 5.53. The van der Waals surface area contributed by atoms with Crippen molar-refractivity contribution in [2.24, 2.45) is 5.73 Å². The summed E-state index contributed by atoms with van der Waals surface area (Å²) < 4.78 is 0. The van der Waals surface area contributed by atoms with Crippen LogP contribution in [0, 0.1) is 0 Å². The van der Waals surface area contributed by atoms with Gasteiger partial charge in [0.15, 0.2) is 0 Å². The number of thioether (sulfide) groups is 1. The highest BCUT2D eigenvalue weighted by Crippen LogP contribution is 2.37. The molecule has 1 heterocycles. The van der Waals surface area contributed by atoms with Crippen molar-refractivity contribution in [3.63, 3.8) is 0 Å². The molecule has 0 aromatic carbocycles. The summed E-state index contributed by atoms with van der Waals surface area (Å²) in [6, 6.07) is 2.49. The second kappa shape index (κ2) is 6.56. The van der Waals surface area contributed by atoms with E-state index in [0.717, 1.165) is 6.42 Å². The minimum Gasteiger partial charge on any atom is -0.326 e. The van der Waals surface area contributed by atoms with Crippen LogP contribution in [0.15, 0.2) is 16.8 Å². The van der Waals surface area contributed by atoms with Crippen LogP contribution in [0.4, 0.5) is 0 Å². The molecule has 0 aliphatic heterocycles. The molecule has 1 aromatic heterocycles. The van der Waals surface area contributed by atoms with Crippen LogP contribution in [0.25, 0.3) is 0 Å².